The molecule has 4 N–H and O–H groups in total. The number of hydrogen-bond donors (Lipinski definition) is 4. The van der Waals surface area contributed by atoms with Gasteiger partial charge in [0.05, 0.1) is 11.7 Å². The average Bonchev–Trinajstić information content (AvgIpc) is 2.80. The lowest BCUT2D eigenvalue weighted by Crippen LogP contribution is -2.60. The highest BCUT2D eigenvalue weighted by Crippen LogP contribution is 2.27. The van der Waals surface area contributed by atoms with Crippen molar-refractivity contribution in [1.29, 1.82) is 0 Å². The van der Waals surface area contributed by atoms with Gasteiger partial charge in [-0.05, 0) is 0 Å². The molecule has 16 heavy (non-hydrogen) atoms. The Bertz CT molecular complexity index is 285. The highest BCUT2D eigenvalue weighted by molar-refractivity contribution is 8.14. The van der Waals surface area contributed by atoms with E-state index in [1.807, 2.05) is 0 Å². The molecular weight excluding hydrogens is 234 g/mol. The molecule has 0 aromatic heterocycles. The lowest BCUT2D eigenvalue weighted by atomic mass is 9.95. The fraction of sp³-hybridized carbons (Fsp3) is 0.889. The van der Waals surface area contributed by atoms with E-state index in [1.165, 1.54) is 11.8 Å². The summed E-state index contributed by atoms with van der Waals surface area (Å²) >= 11 is 1.46. The maximum atomic E-state index is 9.77. The summed E-state index contributed by atoms with van der Waals surface area (Å²) in [5.74, 6) is 0.824. The molecule has 2 rings (SSSR count). The van der Waals surface area contributed by atoms with E-state index in [9.17, 15) is 15.3 Å². The first-order chi connectivity index (χ1) is 7.65. The molecule has 1 unspecified atom stereocenters. The molecule has 0 saturated carbocycles. The largest absolute Gasteiger partial charge is 0.394 e. The Kier molecular flexibility index (Phi) is 3.83. The summed E-state index contributed by atoms with van der Waals surface area (Å²) in [6, 6.07) is 0. The van der Waals surface area contributed by atoms with Crippen LogP contribution < -0.4 is 0 Å². The molecule has 1 fully saturated rings. The molecule has 5 atom stereocenters. The quantitative estimate of drug-likeness (QED) is 0.450. The van der Waals surface area contributed by atoms with E-state index in [-0.39, 0.29) is 0 Å². The van der Waals surface area contributed by atoms with Crippen LogP contribution in [0.5, 0.6) is 0 Å². The van der Waals surface area contributed by atoms with Crippen molar-refractivity contribution < 1.29 is 25.2 Å². The van der Waals surface area contributed by atoms with Crippen LogP contribution >= 0.6 is 11.8 Å². The van der Waals surface area contributed by atoms with Crippen LogP contribution in [0.3, 0.4) is 0 Å². The summed E-state index contributed by atoms with van der Waals surface area (Å²) < 4.78 is 5.35. The zero-order valence-electron chi connectivity index (χ0n) is 8.56. The molecule has 2 aliphatic rings. The van der Waals surface area contributed by atoms with Crippen LogP contribution in [0.4, 0.5) is 0 Å². The number of aliphatic hydroxyl groups is 4. The molecule has 0 aromatic carbocycles. The molecule has 2 heterocycles. The number of nitrogens with zero attached hydrogens (tertiary/aromatic N) is 1. The van der Waals surface area contributed by atoms with Crippen LogP contribution in [0.15, 0.2) is 4.99 Å². The first kappa shape index (κ1) is 12.3. The molecule has 0 radical (unpaired) electrons. The highest BCUT2D eigenvalue weighted by atomic mass is 32.2. The maximum Gasteiger partial charge on any atom is 0.134 e. The smallest absolute Gasteiger partial charge is 0.134 e. The van der Waals surface area contributed by atoms with Gasteiger partial charge in [0.2, 0.25) is 0 Å². The van der Waals surface area contributed by atoms with Crippen molar-refractivity contribution in [1.82, 2.24) is 0 Å². The van der Waals surface area contributed by atoms with Crippen LogP contribution in [-0.2, 0) is 4.74 Å². The van der Waals surface area contributed by atoms with E-state index in [0.29, 0.717) is 11.6 Å². The summed E-state index contributed by atoms with van der Waals surface area (Å²) in [5.41, 5.74) is 0. The van der Waals surface area contributed by atoms with Crippen molar-refractivity contribution in [2.45, 2.75) is 30.5 Å². The average molecular weight is 249 g/mol. The molecule has 2 aliphatic heterocycles. The molecule has 6 nitrogen and oxygen atoms in total. The Morgan fingerprint density at radius 3 is 2.56 bits per heavy atom. The SMILES string of the molecule is OC[C@H]1OC(C2=NCCS2)[C@@H](O)[C@@H](O)[C@@H]1O. The van der Waals surface area contributed by atoms with E-state index in [2.05, 4.69) is 4.99 Å². The second-order valence-corrected chi connectivity index (χ2v) is 4.93. The zero-order chi connectivity index (χ0) is 11.7. The summed E-state index contributed by atoms with van der Waals surface area (Å²) in [5, 5.41) is 38.5. The second-order valence-electron chi connectivity index (χ2n) is 3.82. The Labute approximate surface area is 97.0 Å². The number of thioether (sulfide) groups is 1. The van der Waals surface area contributed by atoms with Gasteiger partial charge in [-0.2, -0.15) is 0 Å². The van der Waals surface area contributed by atoms with Gasteiger partial charge >= 0.3 is 0 Å². The third kappa shape index (κ3) is 2.11. The minimum Gasteiger partial charge on any atom is -0.394 e. The monoisotopic (exact) mass is 249 g/mol. The Balaban J connectivity index is 2.13. The highest BCUT2D eigenvalue weighted by Gasteiger charge is 2.45. The summed E-state index contributed by atoms with van der Waals surface area (Å²) in [6.07, 6.45) is -5.43. The van der Waals surface area contributed by atoms with Crippen molar-refractivity contribution in [3.05, 3.63) is 0 Å². The van der Waals surface area contributed by atoms with Gasteiger partial charge in [-0.15, -0.1) is 11.8 Å². The first-order valence-electron chi connectivity index (χ1n) is 5.13. The Hall–Kier alpha value is -0.180. The van der Waals surface area contributed by atoms with E-state index in [1.54, 1.807) is 0 Å². The van der Waals surface area contributed by atoms with Gasteiger partial charge in [-0.1, -0.05) is 0 Å². The van der Waals surface area contributed by atoms with E-state index < -0.39 is 37.1 Å². The molecule has 7 heteroatoms. The maximum absolute atomic E-state index is 9.77. The van der Waals surface area contributed by atoms with Gasteiger partial charge in [0.15, 0.2) is 0 Å². The van der Waals surface area contributed by atoms with Crippen LogP contribution in [0, 0.1) is 0 Å². The molecule has 92 valence electrons. The number of ether oxygens (including phenoxy) is 1. The standard InChI is InChI=1S/C9H15NO5S/c11-3-4-5(12)6(13)7(14)8(15-4)9-10-1-2-16-9/h4-8,11-14H,1-3H2/t4-,5-,6+,7+,8?/m1/s1. The summed E-state index contributed by atoms with van der Waals surface area (Å²) in [7, 11) is 0. The Morgan fingerprint density at radius 1 is 1.25 bits per heavy atom. The van der Waals surface area contributed by atoms with Crippen molar-refractivity contribution in [2.24, 2.45) is 4.99 Å². The Morgan fingerprint density at radius 2 is 2.00 bits per heavy atom. The third-order valence-corrected chi connectivity index (χ3v) is 3.79. The predicted octanol–water partition coefficient (Wildman–Crippen LogP) is -2.03. The second kappa shape index (κ2) is 4.99. The minimum absolute atomic E-state index is 0.403. The van der Waals surface area contributed by atoms with Crippen LogP contribution in [-0.4, -0.2) is 74.9 Å². The topological polar surface area (TPSA) is 103 Å². The fourth-order valence-electron chi connectivity index (χ4n) is 1.83. The van der Waals surface area contributed by atoms with E-state index >= 15 is 0 Å². The zero-order valence-corrected chi connectivity index (χ0v) is 9.38. The van der Waals surface area contributed by atoms with Crippen LogP contribution in [0.1, 0.15) is 0 Å². The number of rotatable bonds is 2. The molecule has 0 spiro atoms. The molecule has 0 bridgehead atoms. The van der Waals surface area contributed by atoms with Crippen LogP contribution in [0.25, 0.3) is 0 Å². The molecular formula is C9H15NO5S. The summed E-state index contributed by atoms with van der Waals surface area (Å²) in [4.78, 5) is 4.16. The summed E-state index contributed by atoms with van der Waals surface area (Å²) in [6.45, 7) is 0.258. The van der Waals surface area contributed by atoms with Crippen LogP contribution in [0.2, 0.25) is 0 Å². The lowest BCUT2D eigenvalue weighted by Gasteiger charge is -2.39. The van der Waals surface area contributed by atoms with Gasteiger partial charge < -0.3 is 25.2 Å². The van der Waals surface area contributed by atoms with Gasteiger partial charge in [-0.25, -0.2) is 0 Å². The lowest BCUT2D eigenvalue weighted by molar-refractivity contribution is -0.210. The normalized spacial score (nSPS) is 44.5. The minimum atomic E-state index is -1.32. The van der Waals surface area contributed by atoms with Gasteiger partial charge in [0, 0.05) is 12.3 Å². The van der Waals surface area contributed by atoms with Gasteiger partial charge in [-0.3, -0.25) is 4.99 Å². The number of aliphatic imine (C=N–C) groups is 1. The molecule has 0 amide bonds. The predicted molar refractivity (Wildman–Crippen MR) is 58.5 cm³/mol. The fourth-order valence-corrected chi connectivity index (χ4v) is 2.76. The molecule has 1 saturated heterocycles. The van der Waals surface area contributed by atoms with E-state index in [0.717, 1.165) is 5.75 Å². The van der Waals surface area contributed by atoms with Crippen molar-refractivity contribution >= 4 is 16.8 Å². The number of aliphatic hydroxyl groups excluding tert-OH is 4. The third-order valence-electron chi connectivity index (χ3n) is 2.74. The molecule has 0 aliphatic carbocycles. The van der Waals surface area contributed by atoms with Crippen molar-refractivity contribution in [3.8, 4) is 0 Å². The van der Waals surface area contributed by atoms with Crippen molar-refractivity contribution in [2.75, 3.05) is 18.9 Å². The van der Waals surface area contributed by atoms with Gasteiger partial charge in [0.1, 0.15) is 30.5 Å². The number of hydrogen-bond acceptors (Lipinski definition) is 7. The molecule has 0 aromatic rings. The van der Waals surface area contributed by atoms with E-state index in [4.69, 9.17) is 9.84 Å². The van der Waals surface area contributed by atoms with Gasteiger partial charge in [0.25, 0.3) is 0 Å². The first-order valence-corrected chi connectivity index (χ1v) is 6.11. The van der Waals surface area contributed by atoms with Crippen molar-refractivity contribution in [3.63, 3.8) is 0 Å².